The molecule has 5 nitrogen and oxygen atoms in total. The van der Waals surface area contributed by atoms with Crippen LogP contribution < -0.4 is 10.5 Å². The van der Waals surface area contributed by atoms with Crippen molar-refractivity contribution in [2.24, 2.45) is 7.05 Å². The third-order valence-electron chi connectivity index (χ3n) is 4.96. The zero-order chi connectivity index (χ0) is 20.9. The van der Waals surface area contributed by atoms with Crippen LogP contribution in [0.2, 0.25) is 5.02 Å². The second-order valence-electron chi connectivity index (χ2n) is 6.48. The first-order chi connectivity index (χ1) is 13.0. The number of hydrogen-bond acceptors (Lipinski definition) is 4. The Labute approximate surface area is 162 Å². The monoisotopic (exact) mass is 415 g/mol. The molecule has 0 aliphatic heterocycles. The van der Waals surface area contributed by atoms with E-state index in [0.29, 0.717) is 5.75 Å². The molecule has 2 aromatic carbocycles. The molecule has 1 aromatic heterocycles. The van der Waals surface area contributed by atoms with Gasteiger partial charge in [-0.2, -0.15) is 13.2 Å². The molecule has 0 bridgehead atoms. The lowest BCUT2D eigenvalue weighted by molar-refractivity contribution is -0.274. The highest BCUT2D eigenvalue weighted by Crippen LogP contribution is 2.50. The molecule has 3 aromatic rings. The van der Waals surface area contributed by atoms with Gasteiger partial charge < -0.3 is 14.3 Å². The molecule has 0 unspecified atom stereocenters. The van der Waals surface area contributed by atoms with Gasteiger partial charge in [0.25, 0.3) is 0 Å². The first-order valence-electron chi connectivity index (χ1n) is 8.23. The van der Waals surface area contributed by atoms with E-state index < -0.39 is 29.0 Å². The summed E-state index contributed by atoms with van der Waals surface area (Å²) in [5.41, 5.74) is -3.33. The van der Waals surface area contributed by atoms with Crippen LogP contribution in [0.3, 0.4) is 0 Å². The van der Waals surface area contributed by atoms with Crippen LogP contribution in [0.25, 0.3) is 11.1 Å². The molecule has 0 fully saturated rings. The van der Waals surface area contributed by atoms with E-state index in [0.717, 1.165) is 16.7 Å². The Morgan fingerprint density at radius 3 is 2.46 bits per heavy atom. The minimum atomic E-state index is -5.02. The molecule has 9 heteroatoms. The van der Waals surface area contributed by atoms with E-state index >= 15 is 0 Å². The summed E-state index contributed by atoms with van der Waals surface area (Å²) in [6.07, 6.45) is -5.02. The number of alkyl halides is 3. The molecule has 0 spiro atoms. The van der Waals surface area contributed by atoms with Crippen molar-refractivity contribution >= 4 is 22.7 Å². The molecule has 0 amide bonds. The third-order valence-corrected chi connectivity index (χ3v) is 5.29. The van der Waals surface area contributed by atoms with Crippen molar-refractivity contribution in [3.8, 4) is 5.75 Å². The van der Waals surface area contributed by atoms with E-state index in [1.165, 1.54) is 45.3 Å². The van der Waals surface area contributed by atoms with Gasteiger partial charge in [0.1, 0.15) is 5.75 Å². The van der Waals surface area contributed by atoms with Crippen molar-refractivity contribution in [2.75, 3.05) is 7.11 Å². The van der Waals surface area contributed by atoms with Gasteiger partial charge >= 0.3 is 11.9 Å². The number of hydrogen-bond donors (Lipinski definition) is 1. The van der Waals surface area contributed by atoms with Gasteiger partial charge in [0.05, 0.1) is 12.6 Å². The van der Waals surface area contributed by atoms with Gasteiger partial charge in [-0.05, 0) is 35.4 Å². The van der Waals surface area contributed by atoms with E-state index in [2.05, 4.69) is 0 Å². The number of fused-ring (bicyclic) bond motifs is 1. The average molecular weight is 416 g/mol. The van der Waals surface area contributed by atoms with Gasteiger partial charge in [-0.15, -0.1) is 0 Å². The van der Waals surface area contributed by atoms with E-state index in [1.54, 1.807) is 0 Å². The number of methoxy groups -OCH3 is 1. The predicted molar refractivity (Wildman–Crippen MR) is 97.8 cm³/mol. The summed E-state index contributed by atoms with van der Waals surface area (Å²) >= 11 is 6.15. The van der Waals surface area contributed by atoms with Crippen LogP contribution in [0, 0.1) is 0 Å². The minimum absolute atomic E-state index is 0.0336. The molecule has 28 heavy (non-hydrogen) atoms. The van der Waals surface area contributed by atoms with Crippen molar-refractivity contribution in [2.45, 2.75) is 24.6 Å². The quantitative estimate of drug-likeness (QED) is 0.688. The molecular formula is C19H17ClF3NO4. The summed E-state index contributed by atoms with van der Waals surface area (Å²) in [5.74, 6) is -1.78. The molecule has 150 valence electrons. The standard InChI is InChI=1S/C19H17ClF3NO4/c1-10(13-6-5-12(27-3)9-14(13)20)18(26,19(21,22)23)11-4-7-16-15(8-11)24(2)17(25)28-16/h4-10,26H,1-3H3/t10-,18-/m1/s1. The highest BCUT2D eigenvalue weighted by Gasteiger charge is 2.59. The number of halogens is 4. The van der Waals surface area contributed by atoms with Crippen LogP contribution >= 0.6 is 11.6 Å². The zero-order valence-electron chi connectivity index (χ0n) is 15.2. The molecule has 0 saturated heterocycles. The number of aliphatic hydroxyl groups is 1. The van der Waals surface area contributed by atoms with Gasteiger partial charge in [-0.3, -0.25) is 4.57 Å². The fourth-order valence-corrected chi connectivity index (χ4v) is 3.57. The Morgan fingerprint density at radius 2 is 1.89 bits per heavy atom. The third kappa shape index (κ3) is 3.06. The lowest BCUT2D eigenvalue weighted by Gasteiger charge is -2.37. The fraction of sp³-hybridized carbons (Fsp3) is 0.316. The summed E-state index contributed by atoms with van der Waals surface area (Å²) in [6.45, 7) is 1.24. The number of aryl methyl sites for hydroxylation is 1. The minimum Gasteiger partial charge on any atom is -0.497 e. The first-order valence-corrected chi connectivity index (χ1v) is 8.61. The van der Waals surface area contributed by atoms with Crippen LogP contribution in [-0.2, 0) is 12.6 Å². The van der Waals surface area contributed by atoms with E-state index in [4.69, 9.17) is 20.8 Å². The van der Waals surface area contributed by atoms with Crippen molar-refractivity contribution in [1.82, 2.24) is 4.57 Å². The zero-order valence-corrected chi connectivity index (χ0v) is 15.9. The molecular weight excluding hydrogens is 399 g/mol. The Bertz CT molecular complexity index is 1090. The van der Waals surface area contributed by atoms with Crippen molar-refractivity contribution < 1.29 is 27.4 Å². The summed E-state index contributed by atoms with van der Waals surface area (Å²) in [5, 5.41) is 10.9. The number of oxazole rings is 1. The van der Waals surface area contributed by atoms with Crippen LogP contribution in [0.1, 0.15) is 24.0 Å². The number of aromatic nitrogens is 1. The number of nitrogens with zero attached hydrogens (tertiary/aromatic N) is 1. The number of rotatable bonds is 4. The SMILES string of the molecule is COc1ccc([C@@H](C)[C@@](O)(c2ccc3oc(=O)n(C)c3c2)C(F)(F)F)c(Cl)c1. The van der Waals surface area contributed by atoms with Crippen LogP contribution in [0.15, 0.2) is 45.6 Å². The molecule has 3 rings (SSSR count). The summed E-state index contributed by atoms with van der Waals surface area (Å²) in [4.78, 5) is 11.6. The van der Waals surface area contributed by atoms with E-state index in [1.807, 2.05) is 0 Å². The Morgan fingerprint density at radius 1 is 1.21 bits per heavy atom. The second kappa shape index (κ2) is 6.86. The maximum absolute atomic E-state index is 14.1. The van der Waals surface area contributed by atoms with Crippen molar-refractivity contribution in [3.05, 3.63) is 63.1 Å². The maximum atomic E-state index is 14.1. The predicted octanol–water partition coefficient (Wildman–Crippen LogP) is 4.35. The summed E-state index contributed by atoms with van der Waals surface area (Å²) in [7, 11) is 2.78. The Kier molecular flexibility index (Phi) is 4.97. The average Bonchev–Trinajstić information content (AvgIpc) is 2.93. The summed E-state index contributed by atoms with van der Waals surface area (Å²) in [6, 6.07) is 7.65. The van der Waals surface area contributed by atoms with Gasteiger partial charge in [0.2, 0.25) is 0 Å². The van der Waals surface area contributed by atoms with E-state index in [-0.39, 0.29) is 21.7 Å². The maximum Gasteiger partial charge on any atom is 0.422 e. The number of benzene rings is 2. The van der Waals surface area contributed by atoms with Crippen LogP contribution in [0.5, 0.6) is 5.75 Å². The highest BCUT2D eigenvalue weighted by molar-refractivity contribution is 6.31. The lowest BCUT2D eigenvalue weighted by atomic mass is 9.77. The molecule has 1 heterocycles. The molecule has 0 saturated carbocycles. The first kappa shape index (κ1) is 20.3. The Hall–Kier alpha value is -2.45. The molecule has 2 atom stereocenters. The van der Waals surface area contributed by atoms with Gasteiger partial charge in [0, 0.05) is 18.0 Å². The van der Waals surface area contributed by atoms with Crippen molar-refractivity contribution in [3.63, 3.8) is 0 Å². The number of ether oxygens (including phenoxy) is 1. The Balaban J connectivity index is 2.21. The molecule has 0 radical (unpaired) electrons. The van der Waals surface area contributed by atoms with E-state index in [9.17, 15) is 23.1 Å². The van der Waals surface area contributed by atoms with Crippen LogP contribution in [-0.4, -0.2) is 23.0 Å². The van der Waals surface area contributed by atoms with Crippen molar-refractivity contribution in [1.29, 1.82) is 0 Å². The fourth-order valence-electron chi connectivity index (χ4n) is 3.23. The normalized spacial score (nSPS) is 15.4. The van der Waals surface area contributed by atoms with Gasteiger partial charge in [0.15, 0.2) is 11.2 Å². The summed E-state index contributed by atoms with van der Waals surface area (Å²) < 4.78 is 53.3. The topological polar surface area (TPSA) is 64.6 Å². The van der Waals surface area contributed by atoms with Gasteiger partial charge in [-0.25, -0.2) is 4.79 Å². The lowest BCUT2D eigenvalue weighted by Crippen LogP contribution is -2.46. The second-order valence-corrected chi connectivity index (χ2v) is 6.89. The van der Waals surface area contributed by atoms with Crippen LogP contribution in [0.4, 0.5) is 13.2 Å². The van der Waals surface area contributed by atoms with Gasteiger partial charge in [-0.1, -0.05) is 30.7 Å². The molecule has 0 aliphatic rings. The molecule has 1 N–H and O–H groups in total. The molecule has 0 aliphatic carbocycles. The highest BCUT2D eigenvalue weighted by atomic mass is 35.5. The largest absolute Gasteiger partial charge is 0.497 e. The smallest absolute Gasteiger partial charge is 0.422 e.